The van der Waals surface area contributed by atoms with Crippen LogP contribution in [0.3, 0.4) is 0 Å². The van der Waals surface area contributed by atoms with Crippen molar-refractivity contribution in [2.24, 2.45) is 5.73 Å². The summed E-state index contributed by atoms with van der Waals surface area (Å²) in [4.78, 5) is 0. The molecule has 0 saturated heterocycles. The first-order valence-electron chi connectivity index (χ1n) is 3.71. The third kappa shape index (κ3) is 1.89. The Morgan fingerprint density at radius 2 is 2.31 bits per heavy atom. The number of hydrogen-bond donors (Lipinski definition) is 2. The van der Waals surface area contributed by atoms with Crippen molar-refractivity contribution < 1.29 is 9.84 Å². The average molecular weight is 178 g/mol. The van der Waals surface area contributed by atoms with Crippen molar-refractivity contribution in [3.05, 3.63) is 23.8 Å². The van der Waals surface area contributed by atoms with E-state index in [1.807, 2.05) is 6.07 Å². The molecule has 0 amide bonds. The number of methoxy groups -OCH3 is 1. The van der Waals surface area contributed by atoms with Crippen LogP contribution in [-0.4, -0.2) is 12.2 Å². The predicted molar refractivity (Wildman–Crippen MR) is 47.2 cm³/mol. The summed E-state index contributed by atoms with van der Waals surface area (Å²) in [6, 6.07) is 5.79. The maximum atomic E-state index is 9.24. The Balaban J connectivity index is 3.08. The molecule has 0 spiro atoms. The van der Waals surface area contributed by atoms with E-state index in [9.17, 15) is 5.11 Å². The largest absolute Gasteiger partial charge is 0.504 e. The molecule has 0 bridgehead atoms. The number of phenolic OH excluding ortho intramolecular Hbond substituents is 1. The quantitative estimate of drug-likeness (QED) is 0.705. The highest BCUT2D eigenvalue weighted by molar-refractivity contribution is 5.43. The van der Waals surface area contributed by atoms with Crippen LogP contribution in [0.15, 0.2) is 18.2 Å². The number of hydrogen-bond acceptors (Lipinski definition) is 4. The molecule has 1 aromatic carbocycles. The van der Waals surface area contributed by atoms with E-state index >= 15 is 0 Å². The monoisotopic (exact) mass is 178 g/mol. The minimum Gasteiger partial charge on any atom is -0.504 e. The molecule has 0 heterocycles. The van der Waals surface area contributed by atoms with Gasteiger partial charge in [0.1, 0.15) is 6.04 Å². The Labute approximate surface area is 76.2 Å². The van der Waals surface area contributed by atoms with Gasteiger partial charge in [0.25, 0.3) is 0 Å². The molecule has 0 radical (unpaired) electrons. The lowest BCUT2D eigenvalue weighted by Crippen LogP contribution is -2.06. The molecule has 3 N–H and O–H groups in total. The lowest BCUT2D eigenvalue weighted by atomic mass is 10.1. The van der Waals surface area contributed by atoms with E-state index in [-0.39, 0.29) is 5.75 Å². The molecule has 0 saturated carbocycles. The molecule has 68 valence electrons. The molecule has 13 heavy (non-hydrogen) atoms. The number of nitrogens with zero attached hydrogens (tertiary/aromatic N) is 1. The maximum absolute atomic E-state index is 9.24. The molecule has 0 fully saturated rings. The van der Waals surface area contributed by atoms with Gasteiger partial charge < -0.3 is 15.6 Å². The standard InChI is InChI=1S/C9H10N2O2/c1-13-9-4-6(7(11)5-10)2-3-8(9)12/h2-4,7,12H,11H2,1H3. The van der Waals surface area contributed by atoms with Crippen LogP contribution in [0, 0.1) is 11.3 Å². The summed E-state index contributed by atoms with van der Waals surface area (Å²) >= 11 is 0. The summed E-state index contributed by atoms with van der Waals surface area (Å²) in [5.41, 5.74) is 6.09. The Hall–Kier alpha value is -1.73. The number of aromatic hydroxyl groups is 1. The Kier molecular flexibility index (Phi) is 2.72. The lowest BCUT2D eigenvalue weighted by molar-refractivity contribution is 0.373. The summed E-state index contributed by atoms with van der Waals surface area (Å²) in [5.74, 6) is 0.361. The van der Waals surface area contributed by atoms with E-state index in [0.717, 1.165) is 0 Å². The van der Waals surface area contributed by atoms with Crippen LogP contribution in [0.25, 0.3) is 0 Å². The summed E-state index contributed by atoms with van der Waals surface area (Å²) in [7, 11) is 1.44. The van der Waals surface area contributed by atoms with Crippen molar-refractivity contribution in [2.75, 3.05) is 7.11 Å². The zero-order valence-corrected chi connectivity index (χ0v) is 7.19. The van der Waals surface area contributed by atoms with Gasteiger partial charge in [-0.1, -0.05) is 6.07 Å². The predicted octanol–water partition coefficient (Wildman–Crippen LogP) is 0.924. The third-order valence-electron chi connectivity index (χ3n) is 1.70. The molecular formula is C9H10N2O2. The van der Waals surface area contributed by atoms with Gasteiger partial charge in [0.15, 0.2) is 11.5 Å². The molecule has 0 aliphatic rings. The molecule has 4 heteroatoms. The van der Waals surface area contributed by atoms with Crippen molar-refractivity contribution in [2.45, 2.75) is 6.04 Å². The van der Waals surface area contributed by atoms with Crippen molar-refractivity contribution in [1.82, 2.24) is 0 Å². The number of benzene rings is 1. The van der Waals surface area contributed by atoms with E-state index < -0.39 is 6.04 Å². The highest BCUT2D eigenvalue weighted by Gasteiger charge is 2.07. The fourth-order valence-electron chi connectivity index (χ4n) is 0.962. The van der Waals surface area contributed by atoms with Gasteiger partial charge in [-0.3, -0.25) is 0 Å². The molecule has 0 aromatic heterocycles. The summed E-state index contributed by atoms with van der Waals surface area (Å²) in [6.07, 6.45) is 0. The summed E-state index contributed by atoms with van der Waals surface area (Å²) < 4.78 is 4.87. The van der Waals surface area contributed by atoms with E-state index in [2.05, 4.69) is 0 Å². The van der Waals surface area contributed by atoms with Crippen LogP contribution in [0.4, 0.5) is 0 Å². The molecule has 1 aromatic rings. The topological polar surface area (TPSA) is 79.3 Å². The number of phenols is 1. The molecule has 0 aliphatic carbocycles. The fraction of sp³-hybridized carbons (Fsp3) is 0.222. The van der Waals surface area contributed by atoms with Crippen LogP contribution < -0.4 is 10.5 Å². The van der Waals surface area contributed by atoms with Crippen LogP contribution in [0.1, 0.15) is 11.6 Å². The first kappa shape index (κ1) is 9.36. The number of nitriles is 1. The Morgan fingerprint density at radius 3 is 2.85 bits per heavy atom. The molecule has 1 rings (SSSR count). The second kappa shape index (κ2) is 3.78. The van der Waals surface area contributed by atoms with Gasteiger partial charge in [0.05, 0.1) is 13.2 Å². The van der Waals surface area contributed by atoms with Gasteiger partial charge in [0.2, 0.25) is 0 Å². The maximum Gasteiger partial charge on any atom is 0.160 e. The normalized spacial score (nSPS) is 11.8. The van der Waals surface area contributed by atoms with E-state index in [0.29, 0.717) is 11.3 Å². The van der Waals surface area contributed by atoms with E-state index in [1.54, 1.807) is 12.1 Å². The minimum absolute atomic E-state index is 0.0383. The molecule has 4 nitrogen and oxygen atoms in total. The minimum atomic E-state index is -0.686. The van der Waals surface area contributed by atoms with Gasteiger partial charge in [-0.2, -0.15) is 5.26 Å². The SMILES string of the molecule is COc1cc(C(N)C#N)ccc1O. The summed E-state index contributed by atoms with van der Waals surface area (Å²) in [5, 5.41) is 17.8. The number of rotatable bonds is 2. The second-order valence-electron chi connectivity index (χ2n) is 2.54. The number of nitrogens with two attached hydrogens (primary N) is 1. The smallest absolute Gasteiger partial charge is 0.160 e. The highest BCUT2D eigenvalue weighted by atomic mass is 16.5. The second-order valence-corrected chi connectivity index (χ2v) is 2.54. The molecule has 1 atom stereocenters. The zero-order chi connectivity index (χ0) is 9.84. The van der Waals surface area contributed by atoms with Crippen molar-refractivity contribution in [3.8, 4) is 17.6 Å². The van der Waals surface area contributed by atoms with Crippen molar-refractivity contribution >= 4 is 0 Å². The molecular weight excluding hydrogens is 168 g/mol. The lowest BCUT2D eigenvalue weighted by Gasteiger charge is -2.07. The van der Waals surface area contributed by atoms with E-state index in [4.69, 9.17) is 15.7 Å². The van der Waals surface area contributed by atoms with Gasteiger partial charge in [-0.05, 0) is 17.7 Å². The van der Waals surface area contributed by atoms with E-state index in [1.165, 1.54) is 13.2 Å². The van der Waals surface area contributed by atoms with Crippen LogP contribution in [0.5, 0.6) is 11.5 Å². The van der Waals surface area contributed by atoms with Gasteiger partial charge in [-0.25, -0.2) is 0 Å². The van der Waals surface area contributed by atoms with Crippen LogP contribution in [0.2, 0.25) is 0 Å². The molecule has 0 aliphatic heterocycles. The van der Waals surface area contributed by atoms with Gasteiger partial charge in [0, 0.05) is 0 Å². The Morgan fingerprint density at radius 1 is 1.62 bits per heavy atom. The third-order valence-corrected chi connectivity index (χ3v) is 1.70. The highest BCUT2D eigenvalue weighted by Crippen LogP contribution is 2.27. The van der Waals surface area contributed by atoms with Crippen LogP contribution in [-0.2, 0) is 0 Å². The van der Waals surface area contributed by atoms with Gasteiger partial charge >= 0.3 is 0 Å². The average Bonchev–Trinajstić information content (AvgIpc) is 2.17. The van der Waals surface area contributed by atoms with Gasteiger partial charge in [-0.15, -0.1) is 0 Å². The fourth-order valence-corrected chi connectivity index (χ4v) is 0.962. The first-order chi connectivity index (χ1) is 6.19. The zero-order valence-electron chi connectivity index (χ0n) is 7.19. The Bertz CT molecular complexity index is 344. The van der Waals surface area contributed by atoms with Crippen molar-refractivity contribution in [1.29, 1.82) is 5.26 Å². The first-order valence-corrected chi connectivity index (χ1v) is 3.71. The summed E-state index contributed by atoms with van der Waals surface area (Å²) in [6.45, 7) is 0. The molecule has 1 unspecified atom stereocenters. The number of ether oxygens (including phenoxy) is 1. The van der Waals surface area contributed by atoms with Crippen LogP contribution >= 0.6 is 0 Å². The van der Waals surface area contributed by atoms with Crippen molar-refractivity contribution in [3.63, 3.8) is 0 Å².